The van der Waals surface area contributed by atoms with Crippen molar-refractivity contribution in [1.29, 1.82) is 0 Å². The summed E-state index contributed by atoms with van der Waals surface area (Å²) < 4.78 is 12.0. The van der Waals surface area contributed by atoms with Crippen LogP contribution in [0.5, 0.6) is 11.5 Å². The molecule has 0 N–H and O–H groups in total. The smallest absolute Gasteiger partial charge is 0.162 e. The first-order valence-corrected chi connectivity index (χ1v) is 9.71. The Morgan fingerprint density at radius 3 is 2.26 bits per heavy atom. The highest BCUT2D eigenvalue weighted by atomic mass is 32.2. The van der Waals surface area contributed by atoms with Crippen LogP contribution in [0.2, 0.25) is 0 Å². The number of ether oxygens (including phenoxy) is 2. The molecule has 0 aliphatic carbocycles. The maximum Gasteiger partial charge on any atom is 0.162 e. The van der Waals surface area contributed by atoms with E-state index in [4.69, 9.17) is 9.47 Å². The number of methoxy groups -OCH3 is 1. The van der Waals surface area contributed by atoms with E-state index in [1.165, 1.54) is 5.56 Å². The van der Waals surface area contributed by atoms with Crippen molar-refractivity contribution in [3.05, 3.63) is 59.7 Å². The first-order valence-electron chi connectivity index (χ1n) is 7.83. The van der Waals surface area contributed by atoms with Crippen LogP contribution in [-0.2, 0) is 6.61 Å². The van der Waals surface area contributed by atoms with Crippen LogP contribution in [0.4, 0.5) is 0 Å². The van der Waals surface area contributed by atoms with E-state index in [1.807, 2.05) is 47.8 Å². The van der Waals surface area contributed by atoms with Crippen LogP contribution in [0.15, 0.2) is 48.5 Å². The lowest BCUT2D eigenvalue weighted by Crippen LogP contribution is -2.04. The molecular formula is C19H22O2S2. The van der Waals surface area contributed by atoms with Gasteiger partial charge in [0.05, 0.1) is 11.7 Å². The molecule has 0 spiro atoms. The number of rotatable bonds is 5. The summed E-state index contributed by atoms with van der Waals surface area (Å²) in [5.41, 5.74) is 2.46. The monoisotopic (exact) mass is 346 g/mol. The SMILES string of the molecule is COc1ccc(C2SC(C)C(C)S2)cc1OCc1ccccc1. The van der Waals surface area contributed by atoms with E-state index in [-0.39, 0.29) is 0 Å². The van der Waals surface area contributed by atoms with Crippen LogP contribution in [0.1, 0.15) is 29.6 Å². The van der Waals surface area contributed by atoms with E-state index in [9.17, 15) is 0 Å². The first kappa shape index (κ1) is 16.6. The zero-order chi connectivity index (χ0) is 16.2. The Labute approximate surface area is 147 Å². The van der Waals surface area contributed by atoms with Crippen molar-refractivity contribution >= 4 is 23.5 Å². The molecule has 3 rings (SSSR count). The Balaban J connectivity index is 1.77. The summed E-state index contributed by atoms with van der Waals surface area (Å²) >= 11 is 4.06. The van der Waals surface area contributed by atoms with Crippen molar-refractivity contribution in [2.45, 2.75) is 35.5 Å². The van der Waals surface area contributed by atoms with Gasteiger partial charge in [-0.2, -0.15) is 0 Å². The molecule has 1 aliphatic rings. The summed E-state index contributed by atoms with van der Waals surface area (Å²) in [4.78, 5) is 0. The molecule has 1 heterocycles. The topological polar surface area (TPSA) is 18.5 Å². The molecule has 0 radical (unpaired) electrons. The summed E-state index contributed by atoms with van der Waals surface area (Å²) in [6, 6.07) is 16.5. The molecule has 2 aromatic carbocycles. The number of hydrogen-bond acceptors (Lipinski definition) is 4. The molecule has 0 aromatic heterocycles. The zero-order valence-electron chi connectivity index (χ0n) is 13.7. The third kappa shape index (κ3) is 3.99. The molecule has 0 bridgehead atoms. The second-order valence-electron chi connectivity index (χ2n) is 5.70. The van der Waals surface area contributed by atoms with Gasteiger partial charge in [-0.1, -0.05) is 50.2 Å². The van der Waals surface area contributed by atoms with Gasteiger partial charge in [0, 0.05) is 10.5 Å². The quantitative estimate of drug-likeness (QED) is 0.708. The largest absolute Gasteiger partial charge is 0.493 e. The van der Waals surface area contributed by atoms with Crippen molar-refractivity contribution < 1.29 is 9.47 Å². The van der Waals surface area contributed by atoms with Gasteiger partial charge in [-0.05, 0) is 23.3 Å². The molecule has 122 valence electrons. The normalized spacial score (nSPS) is 23.7. The summed E-state index contributed by atoms with van der Waals surface area (Å²) in [6.45, 7) is 5.16. The van der Waals surface area contributed by atoms with Gasteiger partial charge in [0.2, 0.25) is 0 Å². The fourth-order valence-electron chi connectivity index (χ4n) is 2.49. The van der Waals surface area contributed by atoms with E-state index in [1.54, 1.807) is 7.11 Å². The lowest BCUT2D eigenvalue weighted by molar-refractivity contribution is 0.284. The highest BCUT2D eigenvalue weighted by Gasteiger charge is 2.31. The molecule has 2 aromatic rings. The molecule has 23 heavy (non-hydrogen) atoms. The van der Waals surface area contributed by atoms with Crippen molar-refractivity contribution in [2.75, 3.05) is 7.11 Å². The summed E-state index contributed by atoms with van der Waals surface area (Å²) in [6.07, 6.45) is 0. The van der Waals surface area contributed by atoms with E-state index in [0.29, 0.717) is 21.7 Å². The fourth-order valence-corrected chi connectivity index (χ4v) is 6.01. The van der Waals surface area contributed by atoms with Crippen LogP contribution < -0.4 is 9.47 Å². The number of hydrogen-bond donors (Lipinski definition) is 0. The van der Waals surface area contributed by atoms with Gasteiger partial charge >= 0.3 is 0 Å². The maximum atomic E-state index is 6.02. The molecule has 2 unspecified atom stereocenters. The van der Waals surface area contributed by atoms with Gasteiger partial charge in [0.1, 0.15) is 6.61 Å². The van der Waals surface area contributed by atoms with Crippen LogP contribution in [0, 0.1) is 0 Å². The lowest BCUT2D eigenvalue weighted by Gasteiger charge is -2.15. The summed E-state index contributed by atoms with van der Waals surface area (Å²) in [5, 5.41) is 1.36. The van der Waals surface area contributed by atoms with E-state index >= 15 is 0 Å². The Bertz CT molecular complexity index is 635. The average Bonchev–Trinajstić information content (AvgIpc) is 2.93. The van der Waals surface area contributed by atoms with Gasteiger partial charge < -0.3 is 9.47 Å². The highest BCUT2D eigenvalue weighted by Crippen LogP contribution is 2.54. The minimum Gasteiger partial charge on any atom is -0.493 e. The molecule has 1 saturated heterocycles. The Kier molecular flexibility index (Phi) is 5.44. The minimum atomic E-state index is 0.477. The third-order valence-corrected chi connectivity index (χ3v) is 7.59. The molecule has 2 atom stereocenters. The second-order valence-corrected chi connectivity index (χ2v) is 8.97. The molecule has 0 amide bonds. The summed E-state index contributed by atoms with van der Waals surface area (Å²) in [5.74, 6) is 1.61. The predicted octanol–water partition coefficient (Wildman–Crippen LogP) is 5.53. The molecule has 1 aliphatic heterocycles. The average molecular weight is 347 g/mol. The van der Waals surface area contributed by atoms with E-state index < -0.39 is 0 Å². The Morgan fingerprint density at radius 2 is 1.61 bits per heavy atom. The first-order chi connectivity index (χ1) is 11.2. The molecule has 2 nitrogen and oxygen atoms in total. The highest BCUT2D eigenvalue weighted by molar-refractivity contribution is 8.20. The van der Waals surface area contributed by atoms with Gasteiger partial charge in [-0.15, -0.1) is 23.5 Å². The van der Waals surface area contributed by atoms with Crippen molar-refractivity contribution in [1.82, 2.24) is 0 Å². The van der Waals surface area contributed by atoms with Crippen molar-refractivity contribution in [3.8, 4) is 11.5 Å². The van der Waals surface area contributed by atoms with Crippen LogP contribution in [-0.4, -0.2) is 17.6 Å². The molecular weight excluding hydrogens is 324 g/mol. The number of thioether (sulfide) groups is 2. The Morgan fingerprint density at radius 1 is 0.913 bits per heavy atom. The summed E-state index contributed by atoms with van der Waals surface area (Å²) in [7, 11) is 1.69. The third-order valence-electron chi connectivity index (χ3n) is 4.03. The van der Waals surface area contributed by atoms with Gasteiger partial charge in [-0.3, -0.25) is 0 Å². The number of benzene rings is 2. The second kappa shape index (κ2) is 7.54. The van der Waals surface area contributed by atoms with E-state index in [2.05, 4.69) is 38.1 Å². The van der Waals surface area contributed by atoms with Gasteiger partial charge in [0.25, 0.3) is 0 Å². The van der Waals surface area contributed by atoms with Crippen LogP contribution in [0.25, 0.3) is 0 Å². The van der Waals surface area contributed by atoms with Crippen LogP contribution >= 0.6 is 23.5 Å². The predicted molar refractivity (Wildman–Crippen MR) is 101 cm³/mol. The maximum absolute atomic E-state index is 6.02. The molecule has 1 fully saturated rings. The van der Waals surface area contributed by atoms with Crippen molar-refractivity contribution in [2.24, 2.45) is 0 Å². The zero-order valence-corrected chi connectivity index (χ0v) is 15.3. The van der Waals surface area contributed by atoms with Crippen LogP contribution in [0.3, 0.4) is 0 Å². The van der Waals surface area contributed by atoms with E-state index in [0.717, 1.165) is 17.1 Å². The lowest BCUT2D eigenvalue weighted by atomic mass is 10.2. The van der Waals surface area contributed by atoms with Gasteiger partial charge in [0.15, 0.2) is 11.5 Å². The fraction of sp³-hybridized carbons (Fsp3) is 0.368. The Hall–Kier alpha value is -1.26. The van der Waals surface area contributed by atoms with Crippen molar-refractivity contribution in [3.63, 3.8) is 0 Å². The molecule has 0 saturated carbocycles. The minimum absolute atomic E-state index is 0.477. The molecule has 4 heteroatoms. The van der Waals surface area contributed by atoms with Gasteiger partial charge in [-0.25, -0.2) is 0 Å². The standard InChI is InChI=1S/C19H22O2S2/c1-13-14(2)23-19(22-13)16-9-10-17(20-3)18(11-16)21-12-15-7-5-4-6-8-15/h4-11,13-14,19H,12H2,1-3H3.